The molecule has 1 heterocycles. The molecule has 0 unspecified atom stereocenters. The number of halogens is 1. The minimum absolute atomic E-state index is 0.0254. The summed E-state index contributed by atoms with van der Waals surface area (Å²) >= 11 is 3.26. The van der Waals surface area contributed by atoms with Crippen LogP contribution in [0.4, 0.5) is 0 Å². The lowest BCUT2D eigenvalue weighted by atomic mass is 10.1. The highest BCUT2D eigenvalue weighted by Crippen LogP contribution is 2.22. The lowest BCUT2D eigenvalue weighted by Gasteiger charge is -2.00. The van der Waals surface area contributed by atoms with E-state index >= 15 is 0 Å². The summed E-state index contributed by atoms with van der Waals surface area (Å²) < 4.78 is 0.751. The van der Waals surface area contributed by atoms with Gasteiger partial charge in [0.1, 0.15) is 5.75 Å². The number of nitrogens with zero attached hydrogens (tertiary/aromatic N) is 1. The van der Waals surface area contributed by atoms with Gasteiger partial charge >= 0.3 is 0 Å². The molecule has 0 saturated heterocycles. The molecule has 0 fully saturated rings. The molecule has 1 N–H and O–H groups in total. The fraction of sp³-hybridized carbons (Fsp3) is 0. The molecule has 3 nitrogen and oxygen atoms in total. The fourth-order valence-electron chi connectivity index (χ4n) is 1.44. The van der Waals surface area contributed by atoms with Crippen molar-refractivity contribution in [3.05, 3.63) is 64.4 Å². The number of aromatic nitrogens is 1. The van der Waals surface area contributed by atoms with E-state index in [1.54, 1.807) is 42.7 Å². The van der Waals surface area contributed by atoms with Gasteiger partial charge in [0.25, 0.3) is 0 Å². The number of hydrogen-bond donors (Lipinski definition) is 1. The highest BCUT2D eigenvalue weighted by Gasteiger charge is 2.08. The van der Waals surface area contributed by atoms with E-state index < -0.39 is 0 Å². The number of phenolic OH excluding ortho intramolecular Hbond substituents is 1. The predicted octanol–water partition coefficient (Wildman–Crippen LogP) is 3.45. The molecule has 1 aromatic heterocycles. The van der Waals surface area contributed by atoms with Crippen LogP contribution < -0.4 is 0 Å². The van der Waals surface area contributed by atoms with Gasteiger partial charge in [-0.25, -0.2) is 0 Å². The molecule has 0 aliphatic carbocycles. The van der Waals surface area contributed by atoms with Crippen LogP contribution in [0.5, 0.6) is 5.75 Å². The monoisotopic (exact) mass is 303 g/mol. The van der Waals surface area contributed by atoms with E-state index in [2.05, 4.69) is 20.9 Å². The van der Waals surface area contributed by atoms with Crippen LogP contribution in [0.25, 0.3) is 6.08 Å². The minimum Gasteiger partial charge on any atom is -0.507 e. The number of pyridine rings is 1. The molecule has 90 valence electrons. The number of aromatic hydroxyl groups is 1. The topological polar surface area (TPSA) is 50.2 Å². The number of carbonyl (C=O) groups is 1. The first kappa shape index (κ1) is 12.5. The summed E-state index contributed by atoms with van der Waals surface area (Å²) in [5.74, 6) is -0.270. The van der Waals surface area contributed by atoms with E-state index in [4.69, 9.17) is 0 Å². The maximum absolute atomic E-state index is 11.9. The smallest absolute Gasteiger partial charge is 0.189 e. The molecule has 18 heavy (non-hydrogen) atoms. The number of rotatable bonds is 3. The summed E-state index contributed by atoms with van der Waals surface area (Å²) in [5.41, 5.74) is 1.16. The van der Waals surface area contributed by atoms with Gasteiger partial charge in [-0.05, 0) is 42.0 Å². The van der Waals surface area contributed by atoms with E-state index in [1.807, 2.05) is 0 Å². The molecule has 0 radical (unpaired) electrons. The molecule has 0 amide bonds. The Morgan fingerprint density at radius 2 is 1.94 bits per heavy atom. The molecule has 1 aromatic carbocycles. The molecule has 0 atom stereocenters. The lowest BCUT2D eigenvalue weighted by Crippen LogP contribution is -1.94. The largest absolute Gasteiger partial charge is 0.507 e. The second-order valence-electron chi connectivity index (χ2n) is 3.64. The molecule has 0 aliphatic heterocycles. The van der Waals surface area contributed by atoms with Crippen LogP contribution in [0.15, 0.2) is 53.3 Å². The molecule has 0 spiro atoms. The third-order valence-electron chi connectivity index (χ3n) is 2.36. The molecule has 4 heteroatoms. The minimum atomic E-state index is -0.245. The van der Waals surface area contributed by atoms with Crippen molar-refractivity contribution in [2.75, 3.05) is 0 Å². The molecule has 2 aromatic rings. The molecule has 0 aliphatic rings. The first-order valence-corrected chi connectivity index (χ1v) is 6.07. The van der Waals surface area contributed by atoms with Gasteiger partial charge < -0.3 is 5.11 Å². The van der Waals surface area contributed by atoms with Crippen molar-refractivity contribution in [2.24, 2.45) is 0 Å². The van der Waals surface area contributed by atoms with Crippen molar-refractivity contribution in [3.63, 3.8) is 0 Å². The standard InChI is InChI=1S/C14H10BrNO2/c15-11-2-4-14(18)12(9-11)13(17)3-1-10-5-7-16-8-6-10/h1-9,18H. The quantitative estimate of drug-likeness (QED) is 0.698. The van der Waals surface area contributed by atoms with Crippen LogP contribution in [0.3, 0.4) is 0 Å². The van der Waals surface area contributed by atoms with E-state index in [9.17, 15) is 9.90 Å². The first-order chi connectivity index (χ1) is 8.66. The molecular weight excluding hydrogens is 294 g/mol. The van der Waals surface area contributed by atoms with Crippen molar-refractivity contribution >= 4 is 27.8 Å². The maximum Gasteiger partial charge on any atom is 0.189 e. The van der Waals surface area contributed by atoms with Crippen molar-refractivity contribution in [1.29, 1.82) is 0 Å². The summed E-state index contributed by atoms with van der Waals surface area (Å²) in [4.78, 5) is 15.8. The van der Waals surface area contributed by atoms with Crippen LogP contribution in [0, 0.1) is 0 Å². The Bertz CT molecular complexity index is 594. The third-order valence-corrected chi connectivity index (χ3v) is 2.85. The third kappa shape index (κ3) is 3.05. The van der Waals surface area contributed by atoms with Gasteiger partial charge in [-0.15, -0.1) is 0 Å². The van der Waals surface area contributed by atoms with Crippen LogP contribution in [-0.2, 0) is 0 Å². The second-order valence-corrected chi connectivity index (χ2v) is 4.56. The van der Waals surface area contributed by atoms with Crippen molar-refractivity contribution in [2.45, 2.75) is 0 Å². The zero-order valence-electron chi connectivity index (χ0n) is 9.38. The van der Waals surface area contributed by atoms with Crippen LogP contribution in [0.1, 0.15) is 15.9 Å². The number of ketones is 1. The van der Waals surface area contributed by atoms with E-state index in [1.165, 1.54) is 12.1 Å². The highest BCUT2D eigenvalue weighted by molar-refractivity contribution is 9.10. The normalized spacial score (nSPS) is 10.7. The average molecular weight is 304 g/mol. The van der Waals surface area contributed by atoms with Crippen LogP contribution >= 0.6 is 15.9 Å². The number of benzene rings is 1. The van der Waals surface area contributed by atoms with Gasteiger partial charge in [0.2, 0.25) is 0 Å². The number of carbonyl (C=O) groups excluding carboxylic acids is 1. The second kappa shape index (κ2) is 5.60. The van der Waals surface area contributed by atoms with Crippen molar-refractivity contribution in [3.8, 4) is 5.75 Å². The van der Waals surface area contributed by atoms with Crippen LogP contribution in [0.2, 0.25) is 0 Å². The Hall–Kier alpha value is -1.94. The van der Waals surface area contributed by atoms with Gasteiger partial charge in [-0.1, -0.05) is 22.0 Å². The SMILES string of the molecule is O=C(C=Cc1ccncc1)c1cc(Br)ccc1O. The Morgan fingerprint density at radius 1 is 1.22 bits per heavy atom. The highest BCUT2D eigenvalue weighted by atomic mass is 79.9. The summed E-state index contributed by atoms with van der Waals surface area (Å²) in [6.45, 7) is 0. The number of hydrogen-bond acceptors (Lipinski definition) is 3. The number of phenols is 1. The van der Waals surface area contributed by atoms with E-state index in [0.29, 0.717) is 0 Å². The maximum atomic E-state index is 11.9. The number of allylic oxidation sites excluding steroid dienone is 1. The predicted molar refractivity (Wildman–Crippen MR) is 73.4 cm³/mol. The summed E-state index contributed by atoms with van der Waals surface area (Å²) in [5, 5.41) is 9.62. The van der Waals surface area contributed by atoms with Gasteiger partial charge in [-0.3, -0.25) is 9.78 Å². The summed E-state index contributed by atoms with van der Waals surface area (Å²) in [6, 6.07) is 8.35. The zero-order chi connectivity index (χ0) is 13.0. The Labute approximate surface area is 113 Å². The lowest BCUT2D eigenvalue weighted by molar-refractivity contribution is 0.104. The fourth-order valence-corrected chi connectivity index (χ4v) is 1.80. The van der Waals surface area contributed by atoms with Gasteiger partial charge in [0.15, 0.2) is 5.78 Å². The van der Waals surface area contributed by atoms with Gasteiger partial charge in [-0.2, -0.15) is 0 Å². The van der Waals surface area contributed by atoms with Crippen molar-refractivity contribution in [1.82, 2.24) is 4.98 Å². The van der Waals surface area contributed by atoms with Gasteiger partial charge in [0.05, 0.1) is 5.56 Å². The van der Waals surface area contributed by atoms with Crippen molar-refractivity contribution < 1.29 is 9.90 Å². The molecule has 0 saturated carbocycles. The Balaban J connectivity index is 2.22. The molecular formula is C14H10BrNO2. The average Bonchev–Trinajstić information content (AvgIpc) is 2.40. The zero-order valence-corrected chi connectivity index (χ0v) is 11.0. The van der Waals surface area contributed by atoms with Gasteiger partial charge in [0, 0.05) is 16.9 Å². The summed E-state index contributed by atoms with van der Waals surface area (Å²) in [6.07, 6.45) is 6.42. The molecule has 0 bridgehead atoms. The molecule has 2 rings (SSSR count). The van der Waals surface area contributed by atoms with E-state index in [0.717, 1.165) is 10.0 Å². The first-order valence-electron chi connectivity index (χ1n) is 5.28. The van der Waals surface area contributed by atoms with Crippen LogP contribution in [-0.4, -0.2) is 15.9 Å². The Kier molecular flexibility index (Phi) is 3.89. The summed E-state index contributed by atoms with van der Waals surface area (Å²) in [7, 11) is 0. The van der Waals surface area contributed by atoms with E-state index in [-0.39, 0.29) is 17.1 Å². The Morgan fingerprint density at radius 3 is 2.67 bits per heavy atom.